The van der Waals surface area contributed by atoms with E-state index in [0.29, 0.717) is 69.0 Å². The fraction of sp³-hybridized carbons (Fsp3) is 0.486. The van der Waals surface area contributed by atoms with Crippen molar-refractivity contribution >= 4 is 41.1 Å². The molecule has 1 spiro atoms. The van der Waals surface area contributed by atoms with Crippen molar-refractivity contribution in [2.75, 3.05) is 64.4 Å². The van der Waals surface area contributed by atoms with Crippen LogP contribution in [0.2, 0.25) is 0 Å². The maximum atomic E-state index is 13.9. The zero-order valence-electron chi connectivity index (χ0n) is 26.9. The number of aliphatic imine (C=N–C) groups is 2. The molecule has 3 N–H and O–H groups in total. The van der Waals surface area contributed by atoms with Crippen molar-refractivity contribution in [1.82, 2.24) is 14.8 Å². The molecule has 46 heavy (non-hydrogen) atoms. The molecule has 0 saturated carbocycles. The summed E-state index contributed by atoms with van der Waals surface area (Å²) < 4.78 is 5.48. The number of anilines is 1. The van der Waals surface area contributed by atoms with Crippen LogP contribution < -0.4 is 10.6 Å². The fourth-order valence-corrected chi connectivity index (χ4v) is 7.13. The molecule has 3 saturated heterocycles. The maximum Gasteiger partial charge on any atom is 0.237 e. The van der Waals surface area contributed by atoms with E-state index in [0.717, 1.165) is 55.3 Å². The van der Waals surface area contributed by atoms with E-state index in [2.05, 4.69) is 21.0 Å². The Bertz CT molecular complexity index is 1580. The van der Waals surface area contributed by atoms with Crippen LogP contribution in [-0.4, -0.2) is 104 Å². The number of nitrogens with two attached hydrogens (primary N) is 1. The van der Waals surface area contributed by atoms with Gasteiger partial charge < -0.3 is 20.8 Å². The second kappa shape index (κ2) is 13.6. The maximum absolute atomic E-state index is 13.9. The topological polar surface area (TPSA) is 141 Å². The van der Waals surface area contributed by atoms with Crippen molar-refractivity contribution in [2.24, 2.45) is 27.1 Å². The van der Waals surface area contributed by atoms with Gasteiger partial charge in [-0.1, -0.05) is 36.4 Å². The summed E-state index contributed by atoms with van der Waals surface area (Å²) in [6, 6.07) is 11.9. The van der Waals surface area contributed by atoms with Gasteiger partial charge in [-0.05, 0) is 68.3 Å². The molecule has 0 radical (unpaired) electrons. The van der Waals surface area contributed by atoms with Gasteiger partial charge in [-0.25, -0.2) is 9.98 Å². The van der Waals surface area contributed by atoms with Crippen molar-refractivity contribution in [3.8, 4) is 0 Å². The first-order valence-electron chi connectivity index (χ1n) is 16.3. The lowest BCUT2D eigenvalue weighted by molar-refractivity contribution is -0.132. The van der Waals surface area contributed by atoms with E-state index in [1.807, 2.05) is 48.2 Å². The third-order valence-corrected chi connectivity index (χ3v) is 9.97. The Hall–Kier alpha value is -4.22. The quantitative estimate of drug-likeness (QED) is 0.341. The van der Waals surface area contributed by atoms with Crippen LogP contribution in [0.4, 0.5) is 5.82 Å². The highest BCUT2D eigenvalue weighted by Crippen LogP contribution is 2.42. The first-order valence-corrected chi connectivity index (χ1v) is 16.3. The smallest absolute Gasteiger partial charge is 0.237 e. The zero-order valence-corrected chi connectivity index (χ0v) is 26.9. The number of nitrogens with one attached hydrogen (secondary N) is 1. The normalized spacial score (nSPS) is 23.1. The zero-order chi connectivity index (χ0) is 32.3. The van der Waals surface area contributed by atoms with Gasteiger partial charge in [0.2, 0.25) is 11.8 Å². The number of nitrogens with zero attached hydrogens (tertiary/aromatic N) is 6. The number of carbonyl (C=O) groups is 2. The Labute approximate surface area is 270 Å². The van der Waals surface area contributed by atoms with Gasteiger partial charge in [0.05, 0.1) is 23.4 Å². The molecule has 4 aliphatic heterocycles. The van der Waals surface area contributed by atoms with E-state index in [1.54, 1.807) is 11.9 Å². The largest absolute Gasteiger partial charge is 0.383 e. The van der Waals surface area contributed by atoms with E-state index in [-0.39, 0.29) is 17.7 Å². The molecule has 0 bridgehead atoms. The highest BCUT2D eigenvalue weighted by atomic mass is 16.5. The monoisotopic (exact) mass is 624 g/mol. The molecular weight excluding hydrogens is 580 g/mol. The van der Waals surface area contributed by atoms with Crippen LogP contribution in [0.1, 0.15) is 54.5 Å². The number of ether oxygens (including phenoxy) is 1. The third-order valence-electron chi connectivity index (χ3n) is 9.97. The molecule has 4 aliphatic rings. The molecule has 1 aromatic carbocycles. The number of aromatic nitrogens is 1. The summed E-state index contributed by atoms with van der Waals surface area (Å²) in [5.74, 6) is 1.37. The molecule has 3 fully saturated rings. The molecule has 242 valence electrons. The first-order chi connectivity index (χ1) is 22.3. The predicted octanol–water partition coefficient (Wildman–Crippen LogP) is 3.29. The van der Waals surface area contributed by atoms with Crippen LogP contribution in [0.3, 0.4) is 0 Å². The molecule has 0 unspecified atom stereocenters. The Kier molecular flexibility index (Phi) is 9.42. The van der Waals surface area contributed by atoms with E-state index >= 15 is 0 Å². The number of pyridine rings is 1. The Morgan fingerprint density at radius 1 is 1.13 bits per heavy atom. The lowest BCUT2D eigenvalue weighted by Crippen LogP contribution is -2.43. The van der Waals surface area contributed by atoms with Crippen LogP contribution in [0, 0.1) is 23.7 Å². The average molecular weight is 625 g/mol. The van der Waals surface area contributed by atoms with Gasteiger partial charge in [0.15, 0.2) is 0 Å². The third kappa shape index (κ3) is 6.52. The summed E-state index contributed by atoms with van der Waals surface area (Å²) in [4.78, 5) is 45.8. The minimum atomic E-state index is -0.486. The van der Waals surface area contributed by atoms with Crippen LogP contribution in [-0.2, 0) is 14.3 Å². The first kappa shape index (κ1) is 31.7. The van der Waals surface area contributed by atoms with Crippen LogP contribution in [0.15, 0.2) is 52.5 Å². The van der Waals surface area contributed by atoms with E-state index in [4.69, 9.17) is 20.9 Å². The number of carbonyl (C=O) groups excluding carboxylic acids is 2. The number of benzene rings is 1. The molecule has 11 heteroatoms. The number of amidine groups is 1. The molecule has 6 rings (SSSR count). The second-order valence-corrected chi connectivity index (χ2v) is 12.9. The number of rotatable bonds is 8. The minimum absolute atomic E-state index is 0.0884. The minimum Gasteiger partial charge on any atom is -0.383 e. The summed E-state index contributed by atoms with van der Waals surface area (Å²) in [6.45, 7) is 6.80. The van der Waals surface area contributed by atoms with Gasteiger partial charge in [-0.3, -0.25) is 24.4 Å². The average Bonchev–Trinajstić information content (AvgIpc) is 3.65. The number of aryl methyl sites for hydroxylation is 1. The summed E-state index contributed by atoms with van der Waals surface area (Å²) in [5, 5.41) is 8.83. The van der Waals surface area contributed by atoms with Gasteiger partial charge in [-0.15, -0.1) is 0 Å². The van der Waals surface area contributed by atoms with Crippen molar-refractivity contribution in [3.05, 3.63) is 64.9 Å². The molecule has 1 aromatic heterocycles. The molecule has 11 nitrogen and oxygen atoms in total. The van der Waals surface area contributed by atoms with E-state index in [1.165, 1.54) is 11.9 Å². The van der Waals surface area contributed by atoms with Crippen LogP contribution >= 0.6 is 0 Å². The van der Waals surface area contributed by atoms with Crippen molar-refractivity contribution < 1.29 is 14.3 Å². The number of hydrogen-bond donors (Lipinski definition) is 2. The highest BCUT2D eigenvalue weighted by Gasteiger charge is 2.51. The predicted molar refractivity (Wildman–Crippen MR) is 181 cm³/mol. The van der Waals surface area contributed by atoms with Gasteiger partial charge in [0, 0.05) is 57.9 Å². The highest BCUT2D eigenvalue weighted by molar-refractivity contribution is 6.03. The lowest BCUT2D eigenvalue weighted by atomic mass is 9.85. The van der Waals surface area contributed by atoms with Gasteiger partial charge in [-0.2, -0.15) is 0 Å². The SMILES string of the molecule is CN=CN=C(N)c1ccc(C2=CCN(C(=O)CN3CC[C@]4(CCN(c5ccc(C)c(C(=N)C6CCOCC6)n5)C4=O)C3)CC2)cc1. The summed E-state index contributed by atoms with van der Waals surface area (Å²) in [7, 11) is 1.65. The van der Waals surface area contributed by atoms with Crippen molar-refractivity contribution in [1.29, 1.82) is 5.41 Å². The van der Waals surface area contributed by atoms with Crippen molar-refractivity contribution in [2.45, 2.75) is 39.0 Å². The van der Waals surface area contributed by atoms with Gasteiger partial charge in [0.1, 0.15) is 18.0 Å². The molecule has 1 atom stereocenters. The molecule has 2 aromatic rings. The summed E-state index contributed by atoms with van der Waals surface area (Å²) in [5.41, 5.74) is 10.9. The van der Waals surface area contributed by atoms with E-state index in [9.17, 15) is 9.59 Å². The van der Waals surface area contributed by atoms with Crippen LogP contribution in [0.5, 0.6) is 0 Å². The Morgan fingerprint density at radius 3 is 2.61 bits per heavy atom. The standard InChI is InChI=1S/C35H44N8O3/c1-24-3-8-29(40-32(24)31(36)27-11-19-46-20-12-27)43-18-14-35(34(43)45)13-17-41(22-35)21-30(44)42-15-9-26(10-16-42)25-4-6-28(7-5-25)33(37)39-23-38-2/h3-9,23,27,36H,10-22H2,1-2H3,(H2,37,38,39)/t35-/m0/s1. The summed E-state index contributed by atoms with van der Waals surface area (Å²) >= 11 is 0. The Balaban J connectivity index is 1.04. The number of amides is 2. The molecule has 2 amide bonds. The Morgan fingerprint density at radius 2 is 1.89 bits per heavy atom. The number of likely N-dealkylation sites (tertiary alicyclic amines) is 1. The fourth-order valence-electron chi connectivity index (χ4n) is 7.13. The lowest BCUT2D eigenvalue weighted by Gasteiger charge is -2.29. The van der Waals surface area contributed by atoms with Gasteiger partial charge >= 0.3 is 0 Å². The number of hydrogen-bond acceptors (Lipinski definition) is 7. The van der Waals surface area contributed by atoms with Crippen LogP contribution in [0.25, 0.3) is 5.57 Å². The summed E-state index contributed by atoms with van der Waals surface area (Å²) in [6.07, 6.45) is 7.49. The second-order valence-electron chi connectivity index (χ2n) is 12.9. The van der Waals surface area contributed by atoms with Gasteiger partial charge in [0.25, 0.3) is 0 Å². The van der Waals surface area contributed by atoms with E-state index < -0.39 is 5.41 Å². The molecule has 0 aliphatic carbocycles. The molecular formula is C35H44N8O3. The molecule has 5 heterocycles. The van der Waals surface area contributed by atoms with Crippen molar-refractivity contribution in [3.63, 3.8) is 0 Å².